The van der Waals surface area contributed by atoms with E-state index in [1.807, 2.05) is 91.0 Å². The van der Waals surface area contributed by atoms with Gasteiger partial charge in [0.25, 0.3) is 5.89 Å². The lowest BCUT2D eigenvalue weighted by atomic mass is 10.2. The van der Waals surface area contributed by atoms with Crippen molar-refractivity contribution in [1.29, 1.82) is 0 Å². The Labute approximate surface area is 248 Å². The van der Waals surface area contributed by atoms with Crippen molar-refractivity contribution in [2.24, 2.45) is 0 Å². The van der Waals surface area contributed by atoms with Gasteiger partial charge < -0.3 is 27.6 Å². The summed E-state index contributed by atoms with van der Waals surface area (Å²) in [6, 6.07) is 19.2. The molecule has 0 atom stereocenters. The number of furan rings is 1. The number of para-hydroxylation sites is 1. The highest BCUT2D eigenvalue weighted by Crippen LogP contribution is 2.31. The number of hydrogen-bond donors (Lipinski definition) is 0. The molecule has 0 saturated heterocycles. The van der Waals surface area contributed by atoms with Gasteiger partial charge in [-0.25, -0.2) is 14.6 Å². The molecule has 2 aromatic carbocycles. The summed E-state index contributed by atoms with van der Waals surface area (Å²) in [7, 11) is 1.61. The fraction of sp³-hybridized carbons (Fsp3) is 0.182. The van der Waals surface area contributed by atoms with Gasteiger partial charge in [-0.05, 0) is 68.0 Å². The van der Waals surface area contributed by atoms with Crippen LogP contribution in [-0.4, -0.2) is 31.4 Å². The first-order valence-corrected chi connectivity index (χ1v) is 13.9. The summed E-state index contributed by atoms with van der Waals surface area (Å²) in [4.78, 5) is 8.76. The van der Waals surface area contributed by atoms with E-state index in [2.05, 4.69) is 21.5 Å². The van der Waals surface area contributed by atoms with Gasteiger partial charge in [0.15, 0.2) is 17.3 Å². The maximum absolute atomic E-state index is 6.24. The molecule has 0 bridgehead atoms. The molecule has 218 valence electrons. The van der Waals surface area contributed by atoms with Crippen molar-refractivity contribution in [2.75, 3.05) is 7.11 Å². The molecule has 4 heterocycles. The Morgan fingerprint density at radius 2 is 1.84 bits per heavy atom. The predicted octanol–water partition coefficient (Wildman–Crippen LogP) is 6.98. The number of benzene rings is 2. The van der Waals surface area contributed by atoms with Crippen LogP contribution < -0.4 is 14.2 Å². The van der Waals surface area contributed by atoms with Crippen LogP contribution in [-0.2, 0) is 19.8 Å². The Kier molecular flexibility index (Phi) is 8.08. The van der Waals surface area contributed by atoms with Gasteiger partial charge in [-0.3, -0.25) is 0 Å². The molecule has 0 N–H and O–H groups in total. The average Bonchev–Trinajstić information content (AvgIpc) is 3.86. The molecule has 0 aliphatic heterocycles. The van der Waals surface area contributed by atoms with Crippen LogP contribution in [0.15, 0.2) is 94.5 Å². The van der Waals surface area contributed by atoms with E-state index in [1.165, 1.54) is 0 Å². The van der Waals surface area contributed by atoms with Crippen LogP contribution in [0, 0.1) is 6.92 Å². The quantitative estimate of drug-likeness (QED) is 0.153. The number of ether oxygens (including phenoxy) is 3. The highest BCUT2D eigenvalue weighted by molar-refractivity contribution is 5.70. The van der Waals surface area contributed by atoms with Crippen LogP contribution in [0.25, 0.3) is 29.5 Å². The average molecular weight is 578 g/mol. The highest BCUT2D eigenvalue weighted by Gasteiger charge is 2.16. The Bertz CT molecular complexity index is 1820. The number of hydrogen-bond acceptors (Lipinski definition) is 8. The number of nitrogens with zero attached hydrogens (tertiary/aromatic N) is 5. The molecule has 10 nitrogen and oxygen atoms in total. The number of rotatable bonds is 12. The third-order valence-corrected chi connectivity index (χ3v) is 6.84. The Hall–Kier alpha value is -5.51. The van der Waals surface area contributed by atoms with Crippen LogP contribution in [0.5, 0.6) is 17.4 Å². The Morgan fingerprint density at radius 3 is 2.63 bits per heavy atom. The largest absolute Gasteiger partial charge is 0.493 e. The summed E-state index contributed by atoms with van der Waals surface area (Å²) in [6.45, 7) is 5.25. The minimum atomic E-state index is 0.214. The standard InChI is InChI=1S/C33H31N5O5/c1-4-37-22-34-18-27(37)14-13-25-19-38(26-9-6-5-7-10-26)36-32(25)42-20-24-12-15-29(31(17-24)39-3)41-21-28-23(2)43-33(35-28)30-11-8-16-40-30/h5-19,22H,4,20-21H2,1-3H3/b14-13+. The first-order chi connectivity index (χ1) is 21.1. The van der Waals surface area contributed by atoms with Gasteiger partial charge >= 0.3 is 0 Å². The molecule has 0 spiro atoms. The lowest BCUT2D eigenvalue weighted by Crippen LogP contribution is -2.02. The van der Waals surface area contributed by atoms with E-state index in [-0.39, 0.29) is 13.2 Å². The third kappa shape index (κ3) is 6.23. The van der Waals surface area contributed by atoms with E-state index in [0.29, 0.717) is 40.5 Å². The van der Waals surface area contributed by atoms with Gasteiger partial charge in [-0.2, -0.15) is 0 Å². The van der Waals surface area contributed by atoms with Crippen molar-refractivity contribution in [3.05, 3.63) is 114 Å². The van der Waals surface area contributed by atoms with Crippen molar-refractivity contribution < 1.29 is 23.0 Å². The summed E-state index contributed by atoms with van der Waals surface area (Å²) in [5.41, 5.74) is 4.36. The maximum atomic E-state index is 6.24. The van der Waals surface area contributed by atoms with E-state index >= 15 is 0 Å². The zero-order chi connectivity index (χ0) is 29.6. The van der Waals surface area contributed by atoms with E-state index < -0.39 is 0 Å². The predicted molar refractivity (Wildman–Crippen MR) is 161 cm³/mol. The highest BCUT2D eigenvalue weighted by atomic mass is 16.5. The molecular formula is C33H31N5O5. The molecule has 0 aliphatic carbocycles. The van der Waals surface area contributed by atoms with Gasteiger partial charge in [0.05, 0.1) is 42.8 Å². The van der Waals surface area contributed by atoms with Gasteiger partial charge in [0, 0.05) is 12.7 Å². The smallest absolute Gasteiger partial charge is 0.263 e. The zero-order valence-electron chi connectivity index (χ0n) is 24.1. The van der Waals surface area contributed by atoms with Gasteiger partial charge in [0.2, 0.25) is 5.88 Å². The fourth-order valence-electron chi connectivity index (χ4n) is 4.51. The summed E-state index contributed by atoms with van der Waals surface area (Å²) >= 11 is 0. The minimum absolute atomic E-state index is 0.214. The topological polar surface area (TPSA) is 103 Å². The second-order valence-electron chi connectivity index (χ2n) is 9.67. The molecule has 43 heavy (non-hydrogen) atoms. The van der Waals surface area contributed by atoms with Crippen molar-refractivity contribution in [3.63, 3.8) is 0 Å². The van der Waals surface area contributed by atoms with Crippen molar-refractivity contribution >= 4 is 12.2 Å². The summed E-state index contributed by atoms with van der Waals surface area (Å²) in [5, 5.41) is 4.73. The van der Waals surface area contributed by atoms with Crippen molar-refractivity contribution in [1.82, 2.24) is 24.3 Å². The number of methoxy groups -OCH3 is 1. The van der Waals surface area contributed by atoms with Crippen LogP contribution in [0.3, 0.4) is 0 Å². The Morgan fingerprint density at radius 1 is 0.953 bits per heavy atom. The van der Waals surface area contributed by atoms with E-state index in [1.54, 1.807) is 25.5 Å². The second-order valence-corrected chi connectivity index (χ2v) is 9.67. The summed E-state index contributed by atoms with van der Waals surface area (Å²) in [5.74, 6) is 3.32. The lowest BCUT2D eigenvalue weighted by Gasteiger charge is -2.12. The Balaban J connectivity index is 1.17. The first kappa shape index (κ1) is 27.6. The lowest BCUT2D eigenvalue weighted by molar-refractivity contribution is 0.275. The molecule has 0 fully saturated rings. The van der Waals surface area contributed by atoms with Gasteiger partial charge in [-0.15, -0.1) is 5.10 Å². The molecular weight excluding hydrogens is 546 g/mol. The van der Waals surface area contributed by atoms with Crippen LogP contribution in [0.1, 0.15) is 35.2 Å². The maximum Gasteiger partial charge on any atom is 0.263 e. The molecule has 0 unspecified atom stereocenters. The third-order valence-electron chi connectivity index (χ3n) is 6.84. The molecule has 10 heteroatoms. The summed E-state index contributed by atoms with van der Waals surface area (Å²) < 4.78 is 32.9. The number of aromatic nitrogens is 5. The van der Waals surface area contributed by atoms with E-state index in [4.69, 9.17) is 28.1 Å². The van der Waals surface area contributed by atoms with Gasteiger partial charge in [-0.1, -0.05) is 24.3 Å². The second kappa shape index (κ2) is 12.6. The van der Waals surface area contributed by atoms with Gasteiger partial charge in [0.1, 0.15) is 24.7 Å². The molecule has 6 aromatic rings. The number of imidazole rings is 1. The summed E-state index contributed by atoms with van der Waals surface area (Å²) in [6.07, 6.45) is 11.2. The molecule has 0 amide bonds. The number of oxazole rings is 1. The first-order valence-electron chi connectivity index (χ1n) is 13.9. The normalized spacial score (nSPS) is 11.3. The zero-order valence-corrected chi connectivity index (χ0v) is 24.1. The van der Waals surface area contributed by atoms with Crippen molar-refractivity contribution in [3.8, 4) is 34.7 Å². The number of aryl methyl sites for hydroxylation is 2. The van der Waals surface area contributed by atoms with E-state index in [9.17, 15) is 0 Å². The fourth-order valence-corrected chi connectivity index (χ4v) is 4.51. The minimum Gasteiger partial charge on any atom is -0.493 e. The van der Waals surface area contributed by atoms with Crippen LogP contribution in [0.4, 0.5) is 0 Å². The SMILES string of the molecule is CCn1cncc1/C=C/c1cn(-c2ccccc2)nc1OCc1ccc(OCc2nc(-c3ccco3)oc2C)c(OC)c1. The molecule has 0 aliphatic rings. The molecule has 4 aromatic heterocycles. The molecule has 0 saturated carbocycles. The van der Waals surface area contributed by atoms with E-state index in [0.717, 1.165) is 29.1 Å². The van der Waals surface area contributed by atoms with Crippen molar-refractivity contribution in [2.45, 2.75) is 33.6 Å². The molecule has 0 radical (unpaired) electrons. The monoisotopic (exact) mass is 577 g/mol. The molecule has 6 rings (SSSR count). The van der Waals surface area contributed by atoms with Crippen LogP contribution >= 0.6 is 0 Å². The van der Waals surface area contributed by atoms with Crippen LogP contribution in [0.2, 0.25) is 0 Å².